The Hall–Kier alpha value is -0.120. The molecular weight excluding hydrogens is 432 g/mol. The maximum absolute atomic E-state index is 6.92. The Kier molecular flexibility index (Phi) is 7.86. The van der Waals surface area contributed by atoms with E-state index >= 15 is 0 Å². The van der Waals surface area contributed by atoms with Gasteiger partial charge >= 0.3 is 0 Å². The lowest BCUT2D eigenvalue weighted by atomic mass is 9.80. The van der Waals surface area contributed by atoms with Crippen molar-refractivity contribution in [2.24, 2.45) is 47.3 Å². The van der Waals surface area contributed by atoms with Gasteiger partial charge in [-0.25, -0.2) is 0 Å². The van der Waals surface area contributed by atoms with Gasteiger partial charge in [0.1, 0.15) is 0 Å². The average molecular weight is 487 g/mol. The maximum atomic E-state index is 6.92. The van der Waals surface area contributed by atoms with Gasteiger partial charge in [0.25, 0.3) is 0 Å². The summed E-state index contributed by atoms with van der Waals surface area (Å²) in [6.07, 6.45) is 22.0. The normalized spacial score (nSPS) is 45.7. The molecule has 0 amide bonds. The molecule has 3 nitrogen and oxygen atoms in total. The van der Waals surface area contributed by atoms with E-state index in [-0.39, 0.29) is 6.10 Å². The van der Waals surface area contributed by atoms with Crippen LogP contribution in [0.15, 0.2) is 0 Å². The van der Waals surface area contributed by atoms with Gasteiger partial charge in [0.15, 0.2) is 0 Å². The van der Waals surface area contributed by atoms with Crippen LogP contribution < -0.4 is 0 Å². The Balaban J connectivity index is 1.02. The first-order chi connectivity index (χ1) is 17.1. The van der Waals surface area contributed by atoms with Crippen LogP contribution in [-0.2, 0) is 14.2 Å². The molecule has 0 N–H and O–H groups in total. The predicted octanol–water partition coefficient (Wildman–Crippen LogP) is 7.80. The minimum Gasteiger partial charge on any atom is -0.378 e. The van der Waals surface area contributed by atoms with Gasteiger partial charge in [-0.3, -0.25) is 0 Å². The van der Waals surface area contributed by atoms with Crippen LogP contribution >= 0.6 is 0 Å². The van der Waals surface area contributed by atoms with Gasteiger partial charge in [-0.2, -0.15) is 0 Å². The molecule has 13 unspecified atom stereocenters. The van der Waals surface area contributed by atoms with Gasteiger partial charge in [-0.05, 0) is 131 Å². The van der Waals surface area contributed by atoms with E-state index in [1.807, 2.05) is 0 Å². The van der Waals surface area contributed by atoms with Gasteiger partial charge in [-0.1, -0.05) is 33.1 Å². The van der Waals surface area contributed by atoms with Gasteiger partial charge in [0, 0.05) is 6.61 Å². The van der Waals surface area contributed by atoms with Crippen molar-refractivity contribution >= 4 is 0 Å². The lowest BCUT2D eigenvalue weighted by Crippen LogP contribution is -2.36. The lowest BCUT2D eigenvalue weighted by molar-refractivity contribution is -0.101. The fraction of sp³-hybridized carbons (Fsp3) is 1.00. The highest BCUT2D eigenvalue weighted by atomic mass is 16.5. The molecule has 0 aromatic heterocycles. The second kappa shape index (κ2) is 10.9. The molecule has 6 saturated carbocycles. The fourth-order valence-electron chi connectivity index (χ4n) is 10.5. The van der Waals surface area contributed by atoms with Crippen LogP contribution in [0.3, 0.4) is 0 Å². The molecule has 4 bridgehead atoms. The number of rotatable bonds is 13. The predicted molar refractivity (Wildman–Crippen MR) is 141 cm³/mol. The van der Waals surface area contributed by atoms with Crippen LogP contribution in [0.2, 0.25) is 0 Å². The number of unbranched alkanes of at least 4 members (excludes halogenated alkanes) is 1. The second-order valence-electron chi connectivity index (χ2n) is 13.8. The molecule has 0 aromatic rings. The zero-order chi connectivity index (χ0) is 23.9. The Morgan fingerprint density at radius 1 is 0.657 bits per heavy atom. The molecule has 6 fully saturated rings. The first kappa shape index (κ1) is 25.2. The Morgan fingerprint density at radius 2 is 1.26 bits per heavy atom. The SMILES string of the molecule is CCCCOC(CC(C)OC1CC2CC1C1CCCC21)CC(CC)OC1CC2CC1C1CCCC21. The summed E-state index contributed by atoms with van der Waals surface area (Å²) in [7, 11) is 0. The van der Waals surface area contributed by atoms with E-state index in [2.05, 4.69) is 20.8 Å². The van der Waals surface area contributed by atoms with Crippen LogP contribution in [0, 0.1) is 47.3 Å². The molecule has 0 heterocycles. The van der Waals surface area contributed by atoms with Crippen LogP contribution in [-0.4, -0.2) is 37.1 Å². The number of fused-ring (bicyclic) bond motifs is 10. The van der Waals surface area contributed by atoms with Crippen LogP contribution in [0.25, 0.3) is 0 Å². The minimum atomic E-state index is 0.275. The topological polar surface area (TPSA) is 27.7 Å². The zero-order valence-corrected chi connectivity index (χ0v) is 23.0. The Labute approximate surface area is 215 Å². The Bertz CT molecular complexity index is 694. The summed E-state index contributed by atoms with van der Waals surface area (Å²) in [4.78, 5) is 0. The highest BCUT2D eigenvalue weighted by Crippen LogP contribution is 2.60. The van der Waals surface area contributed by atoms with Gasteiger partial charge in [0.2, 0.25) is 0 Å². The van der Waals surface area contributed by atoms with Crippen LogP contribution in [0.5, 0.6) is 0 Å². The summed E-state index contributed by atoms with van der Waals surface area (Å²) in [6, 6.07) is 0. The molecule has 0 aliphatic heterocycles. The third kappa shape index (κ3) is 5.01. The van der Waals surface area contributed by atoms with Gasteiger partial charge < -0.3 is 14.2 Å². The monoisotopic (exact) mass is 486 g/mol. The van der Waals surface area contributed by atoms with Crippen molar-refractivity contribution in [3.8, 4) is 0 Å². The standard InChI is InChI=1S/C32H54O3/c1-4-6-13-33-24(14-20(3)34-31-17-21-15-29(31)27-11-7-9-25(21)27)19-23(5-2)35-32-18-22-16-30(32)28-12-8-10-26(22)28/h20-32H,4-19H2,1-3H3. The molecule has 6 rings (SSSR count). The minimum absolute atomic E-state index is 0.275. The molecule has 35 heavy (non-hydrogen) atoms. The summed E-state index contributed by atoms with van der Waals surface area (Å²) in [5.41, 5.74) is 0. The summed E-state index contributed by atoms with van der Waals surface area (Å²) >= 11 is 0. The molecule has 0 radical (unpaired) electrons. The molecule has 0 saturated heterocycles. The molecule has 13 atom stereocenters. The average Bonchev–Trinajstić information content (AvgIpc) is 3.65. The summed E-state index contributed by atoms with van der Waals surface area (Å²) in [5, 5.41) is 0. The van der Waals surface area contributed by atoms with Crippen molar-refractivity contribution in [2.75, 3.05) is 6.61 Å². The van der Waals surface area contributed by atoms with Crippen molar-refractivity contribution in [1.82, 2.24) is 0 Å². The first-order valence-electron chi connectivity index (χ1n) is 16.1. The van der Waals surface area contributed by atoms with Crippen molar-refractivity contribution in [3.63, 3.8) is 0 Å². The van der Waals surface area contributed by atoms with Crippen LogP contribution in [0.1, 0.15) is 117 Å². The number of hydrogen-bond donors (Lipinski definition) is 0. The van der Waals surface area contributed by atoms with Gasteiger partial charge in [-0.15, -0.1) is 0 Å². The summed E-state index contributed by atoms with van der Waals surface area (Å²) < 4.78 is 20.2. The Morgan fingerprint density at radius 3 is 1.86 bits per heavy atom. The van der Waals surface area contributed by atoms with E-state index in [1.54, 1.807) is 0 Å². The van der Waals surface area contributed by atoms with E-state index in [4.69, 9.17) is 14.2 Å². The third-order valence-electron chi connectivity index (χ3n) is 11.9. The molecule has 200 valence electrons. The molecule has 6 aliphatic carbocycles. The second-order valence-corrected chi connectivity index (χ2v) is 13.8. The van der Waals surface area contributed by atoms with E-state index in [1.165, 1.54) is 70.6 Å². The van der Waals surface area contributed by atoms with E-state index in [9.17, 15) is 0 Å². The highest BCUT2D eigenvalue weighted by molar-refractivity contribution is 5.05. The largest absolute Gasteiger partial charge is 0.378 e. The van der Waals surface area contributed by atoms with Gasteiger partial charge in [0.05, 0.1) is 30.5 Å². The van der Waals surface area contributed by atoms with Crippen molar-refractivity contribution in [2.45, 2.75) is 148 Å². The van der Waals surface area contributed by atoms with Crippen molar-refractivity contribution < 1.29 is 14.2 Å². The van der Waals surface area contributed by atoms with Crippen molar-refractivity contribution in [3.05, 3.63) is 0 Å². The summed E-state index contributed by atoms with van der Waals surface area (Å²) in [5.74, 6) is 7.74. The maximum Gasteiger partial charge on any atom is 0.0624 e. The highest BCUT2D eigenvalue weighted by Gasteiger charge is 2.55. The third-order valence-corrected chi connectivity index (χ3v) is 11.9. The molecular formula is C32H54O3. The fourth-order valence-corrected chi connectivity index (χ4v) is 10.5. The van der Waals surface area contributed by atoms with Crippen LogP contribution in [0.4, 0.5) is 0 Å². The molecule has 0 spiro atoms. The van der Waals surface area contributed by atoms with E-state index in [0.717, 1.165) is 79.6 Å². The van der Waals surface area contributed by atoms with E-state index in [0.29, 0.717) is 24.4 Å². The smallest absolute Gasteiger partial charge is 0.0624 e. The number of ether oxygens (including phenoxy) is 3. The van der Waals surface area contributed by atoms with E-state index < -0.39 is 0 Å². The van der Waals surface area contributed by atoms with Crippen molar-refractivity contribution in [1.29, 1.82) is 0 Å². The summed E-state index contributed by atoms with van der Waals surface area (Å²) in [6.45, 7) is 7.80. The molecule has 6 aliphatic rings. The molecule has 0 aromatic carbocycles. The number of hydrogen-bond acceptors (Lipinski definition) is 3. The zero-order valence-electron chi connectivity index (χ0n) is 23.0. The quantitative estimate of drug-likeness (QED) is 0.249. The molecule has 3 heteroatoms. The lowest BCUT2D eigenvalue weighted by Gasteiger charge is -2.36. The first-order valence-corrected chi connectivity index (χ1v) is 16.1.